The van der Waals surface area contributed by atoms with Gasteiger partial charge in [-0.1, -0.05) is 0 Å². The van der Waals surface area contributed by atoms with E-state index in [9.17, 15) is 14.4 Å². The molecule has 1 aromatic carbocycles. The van der Waals surface area contributed by atoms with Gasteiger partial charge in [-0.3, -0.25) is 14.4 Å². The van der Waals surface area contributed by atoms with E-state index in [4.69, 9.17) is 14.2 Å². The molecule has 1 atom stereocenters. The second-order valence-corrected chi connectivity index (χ2v) is 7.85. The number of esters is 2. The van der Waals surface area contributed by atoms with E-state index >= 15 is 0 Å². The van der Waals surface area contributed by atoms with Crippen LogP contribution in [0.15, 0.2) is 29.4 Å². The van der Waals surface area contributed by atoms with E-state index in [2.05, 4.69) is 20.2 Å². The molecule has 34 heavy (non-hydrogen) atoms. The predicted octanol–water partition coefficient (Wildman–Crippen LogP) is 2.00. The molecule has 0 bridgehead atoms. The van der Waals surface area contributed by atoms with Crippen LogP contribution in [-0.4, -0.2) is 48.3 Å². The maximum absolute atomic E-state index is 12.5. The van der Waals surface area contributed by atoms with Gasteiger partial charge in [0, 0.05) is 45.1 Å². The molecule has 2 aromatic heterocycles. The molecule has 0 spiro atoms. The Hall–Kier alpha value is -4.35. The Morgan fingerprint density at radius 3 is 2.35 bits per heavy atom. The van der Waals surface area contributed by atoms with Crippen molar-refractivity contribution >= 4 is 29.5 Å². The quantitative estimate of drug-likeness (QED) is 0.417. The largest absolute Gasteiger partial charge is 0.441 e. The number of amides is 1. The highest BCUT2D eigenvalue weighted by molar-refractivity contribution is 5.94. The topological polar surface area (TPSA) is 138 Å². The summed E-state index contributed by atoms with van der Waals surface area (Å²) in [5, 5.41) is 9.83. The minimum Gasteiger partial charge on any atom is -0.441 e. The SMILES string of the molecule is CC(=O)Oc1ccc([C@@]2(C)OC(c3nc4nc(C)cc(C)n4n3)=NN2C(C)=O)c(OC(C)=O)c1. The first kappa shape index (κ1) is 22.8. The van der Waals surface area contributed by atoms with Crippen molar-refractivity contribution in [2.75, 3.05) is 0 Å². The average molecular weight is 466 g/mol. The minimum absolute atomic E-state index is 0.0157. The summed E-state index contributed by atoms with van der Waals surface area (Å²) in [6.45, 7) is 9.08. The molecular weight excluding hydrogens is 444 g/mol. The molecule has 12 heteroatoms. The molecule has 3 aromatic rings. The Morgan fingerprint density at radius 2 is 1.71 bits per heavy atom. The Balaban J connectivity index is 1.80. The lowest BCUT2D eigenvalue weighted by molar-refractivity contribution is -0.146. The molecule has 0 saturated heterocycles. The van der Waals surface area contributed by atoms with Crippen molar-refractivity contribution in [1.82, 2.24) is 24.6 Å². The van der Waals surface area contributed by atoms with E-state index in [1.807, 2.05) is 19.9 Å². The van der Waals surface area contributed by atoms with Crippen LogP contribution in [0.4, 0.5) is 0 Å². The molecule has 0 aliphatic carbocycles. The molecule has 0 unspecified atom stereocenters. The van der Waals surface area contributed by atoms with Gasteiger partial charge < -0.3 is 14.2 Å². The zero-order valence-electron chi connectivity index (χ0n) is 19.4. The first-order valence-corrected chi connectivity index (χ1v) is 10.3. The van der Waals surface area contributed by atoms with Crippen molar-refractivity contribution in [3.8, 4) is 11.5 Å². The number of rotatable bonds is 4. The van der Waals surface area contributed by atoms with Gasteiger partial charge in [0.05, 0.1) is 5.56 Å². The number of nitrogens with zero attached hydrogens (tertiary/aromatic N) is 6. The Bertz CT molecular complexity index is 1380. The highest BCUT2D eigenvalue weighted by Crippen LogP contribution is 2.42. The fourth-order valence-electron chi connectivity index (χ4n) is 3.68. The third-order valence-corrected chi connectivity index (χ3v) is 4.97. The summed E-state index contributed by atoms with van der Waals surface area (Å²) in [4.78, 5) is 44.4. The van der Waals surface area contributed by atoms with Gasteiger partial charge in [0.15, 0.2) is 0 Å². The van der Waals surface area contributed by atoms with Gasteiger partial charge in [0.25, 0.3) is 11.7 Å². The first-order valence-electron chi connectivity index (χ1n) is 10.3. The van der Waals surface area contributed by atoms with E-state index < -0.39 is 23.6 Å². The van der Waals surface area contributed by atoms with Gasteiger partial charge in [0.2, 0.25) is 17.5 Å². The summed E-state index contributed by atoms with van der Waals surface area (Å²) in [5.74, 6) is -0.941. The molecule has 0 radical (unpaired) electrons. The van der Waals surface area contributed by atoms with E-state index in [1.54, 1.807) is 11.4 Å². The van der Waals surface area contributed by atoms with Crippen molar-refractivity contribution in [3.05, 3.63) is 47.0 Å². The van der Waals surface area contributed by atoms with E-state index in [0.29, 0.717) is 11.3 Å². The average Bonchev–Trinajstić information content (AvgIpc) is 3.29. The lowest BCUT2D eigenvalue weighted by atomic mass is 10.0. The number of fused-ring (bicyclic) bond motifs is 1. The van der Waals surface area contributed by atoms with E-state index in [-0.39, 0.29) is 23.2 Å². The van der Waals surface area contributed by atoms with Crippen LogP contribution >= 0.6 is 0 Å². The Morgan fingerprint density at radius 1 is 1.00 bits per heavy atom. The minimum atomic E-state index is -1.52. The standard InChI is InChI=1S/C22H22N6O6/c1-11-9-12(2)27-21(23-11)24-19(25-27)20-26-28(13(3)29)22(6,34-20)17-8-7-16(32-14(4)30)10-18(17)33-15(5)31/h7-10H,1-6H3/t22-/m1/s1. The summed E-state index contributed by atoms with van der Waals surface area (Å²) in [5.41, 5.74) is 0.356. The molecular formula is C22H22N6O6. The van der Waals surface area contributed by atoms with Crippen LogP contribution in [0.2, 0.25) is 0 Å². The molecule has 0 N–H and O–H groups in total. The van der Waals surface area contributed by atoms with Gasteiger partial charge in [0.1, 0.15) is 11.5 Å². The predicted molar refractivity (Wildman–Crippen MR) is 117 cm³/mol. The number of hydrazone groups is 1. The number of aromatic nitrogens is 4. The van der Waals surface area contributed by atoms with Crippen LogP contribution < -0.4 is 9.47 Å². The normalized spacial score (nSPS) is 17.4. The molecule has 3 heterocycles. The van der Waals surface area contributed by atoms with Crippen molar-refractivity contribution in [2.24, 2.45) is 5.10 Å². The maximum atomic E-state index is 12.5. The zero-order valence-corrected chi connectivity index (χ0v) is 19.4. The molecule has 0 saturated carbocycles. The summed E-state index contributed by atoms with van der Waals surface area (Å²) >= 11 is 0. The monoisotopic (exact) mass is 466 g/mol. The van der Waals surface area contributed by atoms with Crippen molar-refractivity contribution in [2.45, 2.75) is 47.3 Å². The summed E-state index contributed by atoms with van der Waals surface area (Å²) in [7, 11) is 0. The van der Waals surface area contributed by atoms with E-state index in [0.717, 1.165) is 16.4 Å². The number of carbonyl (C=O) groups excluding carboxylic acids is 3. The van der Waals surface area contributed by atoms with Crippen LogP contribution in [0.1, 0.15) is 50.5 Å². The number of ether oxygens (including phenoxy) is 3. The number of hydrogen-bond acceptors (Lipinski definition) is 10. The highest BCUT2D eigenvalue weighted by atomic mass is 16.6. The summed E-state index contributed by atoms with van der Waals surface area (Å²) < 4.78 is 18.1. The number of aryl methyl sites for hydroxylation is 2. The lowest BCUT2D eigenvalue weighted by Crippen LogP contribution is -2.41. The van der Waals surface area contributed by atoms with Gasteiger partial charge in [-0.05, 0) is 32.0 Å². The Labute approximate surface area is 194 Å². The molecule has 1 aliphatic rings. The fraction of sp³-hybridized carbons (Fsp3) is 0.318. The van der Waals surface area contributed by atoms with Gasteiger partial charge in [-0.15, -0.1) is 10.2 Å². The maximum Gasteiger partial charge on any atom is 0.308 e. The van der Waals surface area contributed by atoms with Crippen LogP contribution in [0, 0.1) is 13.8 Å². The molecule has 0 fully saturated rings. The number of carbonyl (C=O) groups is 3. The third-order valence-electron chi connectivity index (χ3n) is 4.97. The molecule has 1 amide bonds. The number of benzene rings is 1. The molecule has 12 nitrogen and oxygen atoms in total. The summed E-state index contributed by atoms with van der Waals surface area (Å²) in [6, 6.07) is 6.23. The van der Waals surface area contributed by atoms with Crippen LogP contribution in [0.5, 0.6) is 11.5 Å². The fourth-order valence-corrected chi connectivity index (χ4v) is 3.68. The van der Waals surface area contributed by atoms with Crippen LogP contribution in [0.3, 0.4) is 0 Å². The smallest absolute Gasteiger partial charge is 0.308 e. The molecule has 4 rings (SSSR count). The van der Waals surface area contributed by atoms with Crippen LogP contribution in [0.25, 0.3) is 5.78 Å². The van der Waals surface area contributed by atoms with Gasteiger partial charge >= 0.3 is 11.9 Å². The van der Waals surface area contributed by atoms with Crippen molar-refractivity contribution in [1.29, 1.82) is 0 Å². The van der Waals surface area contributed by atoms with Crippen molar-refractivity contribution in [3.63, 3.8) is 0 Å². The summed E-state index contributed by atoms with van der Waals surface area (Å²) in [6.07, 6.45) is 0. The van der Waals surface area contributed by atoms with Gasteiger partial charge in [-0.2, -0.15) is 9.99 Å². The second-order valence-electron chi connectivity index (χ2n) is 7.85. The van der Waals surface area contributed by atoms with Gasteiger partial charge in [-0.25, -0.2) is 9.50 Å². The van der Waals surface area contributed by atoms with Crippen molar-refractivity contribution < 1.29 is 28.6 Å². The molecule has 1 aliphatic heterocycles. The van der Waals surface area contributed by atoms with E-state index in [1.165, 1.54) is 39.0 Å². The second kappa shape index (κ2) is 8.21. The third kappa shape index (κ3) is 4.05. The number of hydrogen-bond donors (Lipinski definition) is 0. The first-order chi connectivity index (χ1) is 16.0. The molecule has 176 valence electrons. The Kier molecular flexibility index (Phi) is 5.51. The van der Waals surface area contributed by atoms with Crippen LogP contribution in [-0.2, 0) is 24.8 Å². The lowest BCUT2D eigenvalue weighted by Gasteiger charge is -2.32. The zero-order chi connectivity index (χ0) is 24.8. The highest BCUT2D eigenvalue weighted by Gasteiger charge is 2.48.